The Morgan fingerprint density at radius 3 is 2.33 bits per heavy atom. The van der Waals surface area contributed by atoms with Crippen molar-refractivity contribution in [2.75, 3.05) is 0 Å². The van der Waals surface area contributed by atoms with Gasteiger partial charge in [0.25, 0.3) is 0 Å². The molecular formula is C7H5BrO4. The first-order valence-corrected chi connectivity index (χ1v) is 3.77. The van der Waals surface area contributed by atoms with Crippen LogP contribution in [0.4, 0.5) is 0 Å². The molecule has 0 atom stereocenters. The van der Waals surface area contributed by atoms with E-state index >= 15 is 0 Å². The van der Waals surface area contributed by atoms with Crippen molar-refractivity contribution in [3.63, 3.8) is 0 Å². The Kier molecular flexibility index (Phi) is 2.23. The molecule has 0 fully saturated rings. The second kappa shape index (κ2) is 3.02. The fourth-order valence-electron chi connectivity index (χ4n) is 0.728. The second-order valence-corrected chi connectivity index (χ2v) is 2.95. The van der Waals surface area contributed by atoms with Crippen LogP contribution in [0.1, 0.15) is 10.4 Å². The number of halogens is 1. The minimum absolute atomic E-state index is 0.255. The van der Waals surface area contributed by atoms with E-state index in [1.54, 1.807) is 0 Å². The number of phenols is 2. The summed E-state index contributed by atoms with van der Waals surface area (Å²) in [5.74, 6) is -2.37. The Morgan fingerprint density at radius 2 is 1.83 bits per heavy atom. The standard InChI is InChI=1S/C7H5BrO4/c8-4-2-1-3(7(11)12)5(9)6(4)10/h1-2,9-10H,(H,11,12). The molecule has 0 aliphatic carbocycles. The summed E-state index contributed by atoms with van der Waals surface area (Å²) in [5, 5.41) is 26.7. The second-order valence-electron chi connectivity index (χ2n) is 2.10. The number of rotatable bonds is 1. The molecule has 0 spiro atoms. The Morgan fingerprint density at radius 1 is 1.25 bits per heavy atom. The largest absolute Gasteiger partial charge is 0.504 e. The summed E-state index contributed by atoms with van der Waals surface area (Å²) in [6.45, 7) is 0. The van der Waals surface area contributed by atoms with Gasteiger partial charge in [0, 0.05) is 0 Å². The lowest BCUT2D eigenvalue weighted by Crippen LogP contribution is -1.96. The number of phenolic OH excluding ortho intramolecular Hbond substituents is 1. The topological polar surface area (TPSA) is 77.8 Å². The van der Waals surface area contributed by atoms with Gasteiger partial charge in [-0.3, -0.25) is 0 Å². The Balaban J connectivity index is 3.36. The molecule has 12 heavy (non-hydrogen) atoms. The van der Waals surface area contributed by atoms with Crippen LogP contribution in [0.5, 0.6) is 11.5 Å². The normalized spacial score (nSPS) is 9.75. The molecule has 0 amide bonds. The fourth-order valence-corrected chi connectivity index (χ4v) is 1.05. The molecule has 0 unspecified atom stereocenters. The van der Waals surface area contributed by atoms with E-state index < -0.39 is 17.5 Å². The maximum atomic E-state index is 10.4. The van der Waals surface area contributed by atoms with Gasteiger partial charge in [0.2, 0.25) is 0 Å². The highest BCUT2D eigenvalue weighted by molar-refractivity contribution is 9.10. The van der Waals surface area contributed by atoms with Gasteiger partial charge in [-0.15, -0.1) is 0 Å². The summed E-state index contributed by atoms with van der Waals surface area (Å²) < 4.78 is 0.255. The zero-order valence-electron chi connectivity index (χ0n) is 5.78. The molecule has 1 aromatic carbocycles. The van der Waals surface area contributed by atoms with E-state index in [9.17, 15) is 4.79 Å². The molecule has 0 radical (unpaired) electrons. The van der Waals surface area contributed by atoms with E-state index in [1.165, 1.54) is 12.1 Å². The summed E-state index contributed by atoms with van der Waals surface area (Å²) in [7, 11) is 0. The van der Waals surface area contributed by atoms with Crippen LogP contribution in [0.2, 0.25) is 0 Å². The fraction of sp³-hybridized carbons (Fsp3) is 0. The maximum absolute atomic E-state index is 10.4. The number of benzene rings is 1. The molecule has 0 saturated heterocycles. The first-order valence-electron chi connectivity index (χ1n) is 2.97. The zero-order chi connectivity index (χ0) is 9.30. The van der Waals surface area contributed by atoms with Gasteiger partial charge in [-0.05, 0) is 28.1 Å². The maximum Gasteiger partial charge on any atom is 0.339 e. The predicted molar refractivity (Wildman–Crippen MR) is 44.4 cm³/mol. The van der Waals surface area contributed by atoms with Crippen LogP contribution in [0.15, 0.2) is 16.6 Å². The molecule has 1 aromatic rings. The SMILES string of the molecule is O=C(O)c1ccc(Br)c(O)c1O. The quantitative estimate of drug-likeness (QED) is 0.643. The zero-order valence-corrected chi connectivity index (χ0v) is 7.37. The molecule has 0 aliphatic rings. The predicted octanol–water partition coefficient (Wildman–Crippen LogP) is 1.56. The van der Waals surface area contributed by atoms with Crippen molar-refractivity contribution in [1.82, 2.24) is 0 Å². The molecule has 4 nitrogen and oxygen atoms in total. The first kappa shape index (κ1) is 8.86. The van der Waals surface area contributed by atoms with E-state index in [0.29, 0.717) is 0 Å². The average Bonchev–Trinajstić information content (AvgIpc) is 2.00. The van der Waals surface area contributed by atoms with Crippen molar-refractivity contribution in [3.05, 3.63) is 22.2 Å². The highest BCUT2D eigenvalue weighted by Gasteiger charge is 2.14. The van der Waals surface area contributed by atoms with Crippen LogP contribution in [0, 0.1) is 0 Å². The van der Waals surface area contributed by atoms with Crippen LogP contribution in [0.25, 0.3) is 0 Å². The minimum atomic E-state index is -1.28. The highest BCUT2D eigenvalue weighted by Crippen LogP contribution is 2.35. The summed E-state index contributed by atoms with van der Waals surface area (Å²) in [4.78, 5) is 10.4. The lowest BCUT2D eigenvalue weighted by molar-refractivity contribution is 0.0693. The van der Waals surface area contributed by atoms with Crippen LogP contribution >= 0.6 is 15.9 Å². The van der Waals surface area contributed by atoms with E-state index in [4.69, 9.17) is 15.3 Å². The summed E-state index contributed by atoms with van der Waals surface area (Å²) in [6.07, 6.45) is 0. The van der Waals surface area contributed by atoms with E-state index in [-0.39, 0.29) is 10.0 Å². The Labute approximate surface area is 76.2 Å². The lowest BCUT2D eigenvalue weighted by atomic mass is 10.2. The molecular weight excluding hydrogens is 228 g/mol. The number of carboxylic acids is 1. The Bertz CT molecular complexity index is 334. The number of aromatic hydroxyl groups is 2. The summed E-state index contributed by atoms with van der Waals surface area (Å²) in [5.41, 5.74) is -0.323. The molecule has 0 aromatic heterocycles. The van der Waals surface area contributed by atoms with Gasteiger partial charge in [-0.25, -0.2) is 4.79 Å². The molecule has 3 N–H and O–H groups in total. The van der Waals surface area contributed by atoms with Gasteiger partial charge < -0.3 is 15.3 Å². The molecule has 5 heteroatoms. The van der Waals surface area contributed by atoms with E-state index in [0.717, 1.165) is 0 Å². The smallest absolute Gasteiger partial charge is 0.339 e. The van der Waals surface area contributed by atoms with E-state index in [2.05, 4.69) is 15.9 Å². The van der Waals surface area contributed by atoms with E-state index in [1.807, 2.05) is 0 Å². The van der Waals surface area contributed by atoms with Gasteiger partial charge >= 0.3 is 5.97 Å². The monoisotopic (exact) mass is 232 g/mol. The van der Waals surface area contributed by atoms with Crippen molar-refractivity contribution in [2.45, 2.75) is 0 Å². The van der Waals surface area contributed by atoms with Gasteiger partial charge in [-0.1, -0.05) is 0 Å². The minimum Gasteiger partial charge on any atom is -0.504 e. The molecule has 0 bridgehead atoms. The Hall–Kier alpha value is -1.23. The van der Waals surface area contributed by atoms with Crippen molar-refractivity contribution in [2.24, 2.45) is 0 Å². The van der Waals surface area contributed by atoms with Gasteiger partial charge in [0.1, 0.15) is 5.56 Å². The van der Waals surface area contributed by atoms with Gasteiger partial charge in [0.15, 0.2) is 11.5 Å². The van der Waals surface area contributed by atoms with Crippen molar-refractivity contribution in [1.29, 1.82) is 0 Å². The third-order valence-corrected chi connectivity index (χ3v) is 1.97. The molecule has 0 heterocycles. The number of hydrogen-bond acceptors (Lipinski definition) is 3. The van der Waals surface area contributed by atoms with Gasteiger partial charge in [0.05, 0.1) is 4.47 Å². The summed E-state index contributed by atoms with van der Waals surface area (Å²) in [6, 6.07) is 2.54. The van der Waals surface area contributed by atoms with Crippen LogP contribution in [-0.2, 0) is 0 Å². The lowest BCUT2D eigenvalue weighted by Gasteiger charge is -2.02. The number of carbonyl (C=O) groups is 1. The number of hydrogen-bond donors (Lipinski definition) is 3. The summed E-state index contributed by atoms with van der Waals surface area (Å²) >= 11 is 2.93. The molecule has 1 rings (SSSR count). The van der Waals surface area contributed by atoms with Crippen LogP contribution in [0.3, 0.4) is 0 Å². The van der Waals surface area contributed by atoms with Crippen molar-refractivity contribution in [3.8, 4) is 11.5 Å². The van der Waals surface area contributed by atoms with Crippen LogP contribution in [-0.4, -0.2) is 21.3 Å². The third-order valence-electron chi connectivity index (χ3n) is 1.33. The molecule has 0 aliphatic heterocycles. The number of carboxylic acid groups (broad SMARTS) is 1. The first-order chi connectivity index (χ1) is 5.54. The average molecular weight is 233 g/mol. The third kappa shape index (κ3) is 1.35. The van der Waals surface area contributed by atoms with Crippen molar-refractivity contribution < 1.29 is 20.1 Å². The number of aromatic carboxylic acids is 1. The van der Waals surface area contributed by atoms with Gasteiger partial charge in [-0.2, -0.15) is 0 Å². The molecule has 0 saturated carbocycles. The highest BCUT2D eigenvalue weighted by atomic mass is 79.9. The molecule has 64 valence electrons. The van der Waals surface area contributed by atoms with Crippen LogP contribution < -0.4 is 0 Å². The van der Waals surface area contributed by atoms with Crippen molar-refractivity contribution >= 4 is 21.9 Å².